The number of nitrogens with two attached hydrogens (primary N) is 1. The molecule has 1 aromatic heterocycles. The lowest BCUT2D eigenvalue weighted by Crippen LogP contribution is -2.21. The summed E-state index contributed by atoms with van der Waals surface area (Å²) >= 11 is 0. The molecule has 0 fully saturated rings. The second kappa shape index (κ2) is 3.75. The van der Waals surface area contributed by atoms with Gasteiger partial charge in [0.15, 0.2) is 5.69 Å². The monoisotopic (exact) mass is 198 g/mol. The molecule has 0 saturated carbocycles. The largest absolute Gasteiger partial charge is 0.391 e. The van der Waals surface area contributed by atoms with E-state index in [-0.39, 0.29) is 11.7 Å². The molecule has 0 spiro atoms. The predicted octanol–water partition coefficient (Wildman–Crippen LogP) is -0.373. The van der Waals surface area contributed by atoms with Crippen molar-refractivity contribution in [3.63, 3.8) is 0 Å². The molecule has 14 heavy (non-hydrogen) atoms. The van der Waals surface area contributed by atoms with Gasteiger partial charge in [-0.15, -0.1) is 5.10 Å². The number of nitrogens with zero attached hydrogens (tertiary/aromatic N) is 3. The smallest absolute Gasteiger partial charge is 0.271 e. The van der Waals surface area contributed by atoms with E-state index in [0.29, 0.717) is 5.69 Å². The first kappa shape index (κ1) is 10.6. The number of carbonyl (C=O) groups excluding carboxylic acids is 1. The summed E-state index contributed by atoms with van der Waals surface area (Å²) in [5.74, 6) is -0.605. The Hall–Kier alpha value is -1.43. The first-order valence-electron chi connectivity index (χ1n) is 4.34. The van der Waals surface area contributed by atoms with E-state index in [2.05, 4.69) is 10.3 Å². The number of aliphatic hydroxyl groups is 1. The molecule has 1 aromatic rings. The first-order valence-corrected chi connectivity index (χ1v) is 4.34. The third-order valence-corrected chi connectivity index (χ3v) is 2.24. The van der Waals surface area contributed by atoms with Crippen LogP contribution in [0.4, 0.5) is 0 Å². The van der Waals surface area contributed by atoms with E-state index in [1.807, 2.05) is 0 Å². The van der Waals surface area contributed by atoms with Gasteiger partial charge in [0.1, 0.15) is 0 Å². The highest BCUT2D eigenvalue weighted by atomic mass is 16.3. The zero-order chi connectivity index (χ0) is 10.9. The molecular formula is C8H14N4O2. The third-order valence-electron chi connectivity index (χ3n) is 2.24. The molecule has 0 aliphatic rings. The fraction of sp³-hybridized carbons (Fsp3) is 0.625. The van der Waals surface area contributed by atoms with Gasteiger partial charge in [0.05, 0.1) is 17.8 Å². The normalized spacial score (nSPS) is 15.1. The Morgan fingerprint density at radius 1 is 1.57 bits per heavy atom. The van der Waals surface area contributed by atoms with E-state index in [1.54, 1.807) is 20.8 Å². The Morgan fingerprint density at radius 3 is 2.50 bits per heavy atom. The third kappa shape index (κ3) is 1.74. The van der Waals surface area contributed by atoms with Crippen molar-refractivity contribution in [3.05, 3.63) is 11.4 Å². The second-order valence-corrected chi connectivity index (χ2v) is 3.31. The molecule has 0 saturated heterocycles. The number of primary amides is 1. The van der Waals surface area contributed by atoms with Crippen molar-refractivity contribution in [1.82, 2.24) is 15.0 Å². The Labute approximate surface area is 81.7 Å². The molecule has 0 aliphatic heterocycles. The van der Waals surface area contributed by atoms with Crippen LogP contribution in [0, 0.1) is 6.92 Å². The van der Waals surface area contributed by atoms with Gasteiger partial charge in [-0.1, -0.05) is 5.21 Å². The number of hydrogen-bond donors (Lipinski definition) is 2. The van der Waals surface area contributed by atoms with Crippen molar-refractivity contribution in [3.8, 4) is 0 Å². The van der Waals surface area contributed by atoms with Gasteiger partial charge in [0.25, 0.3) is 5.91 Å². The summed E-state index contributed by atoms with van der Waals surface area (Å²) in [7, 11) is 0. The highest BCUT2D eigenvalue weighted by Gasteiger charge is 2.19. The summed E-state index contributed by atoms with van der Waals surface area (Å²) in [6, 6.07) is -0.226. The van der Waals surface area contributed by atoms with Crippen molar-refractivity contribution in [2.24, 2.45) is 5.73 Å². The van der Waals surface area contributed by atoms with Crippen LogP contribution in [0.2, 0.25) is 0 Å². The average Bonchev–Trinajstić information content (AvgIpc) is 2.45. The van der Waals surface area contributed by atoms with E-state index in [4.69, 9.17) is 5.73 Å². The predicted molar refractivity (Wildman–Crippen MR) is 49.7 cm³/mol. The van der Waals surface area contributed by atoms with Gasteiger partial charge in [-0.25, -0.2) is 4.68 Å². The van der Waals surface area contributed by atoms with Gasteiger partial charge in [0, 0.05) is 0 Å². The molecule has 0 bridgehead atoms. The molecule has 2 atom stereocenters. The Kier molecular flexibility index (Phi) is 2.85. The van der Waals surface area contributed by atoms with Crippen LogP contribution in [0.25, 0.3) is 0 Å². The fourth-order valence-corrected chi connectivity index (χ4v) is 1.16. The SMILES string of the molecule is Cc1c(C(N)=O)nnn1C(C)C(C)O. The van der Waals surface area contributed by atoms with Crippen LogP contribution in [-0.2, 0) is 0 Å². The summed E-state index contributed by atoms with van der Waals surface area (Å²) in [6.45, 7) is 5.13. The average molecular weight is 198 g/mol. The maximum atomic E-state index is 10.9. The van der Waals surface area contributed by atoms with Gasteiger partial charge in [-0.2, -0.15) is 0 Å². The summed E-state index contributed by atoms with van der Waals surface area (Å²) in [5.41, 5.74) is 5.81. The number of hydrogen-bond acceptors (Lipinski definition) is 4. The van der Waals surface area contributed by atoms with E-state index in [1.165, 1.54) is 4.68 Å². The minimum Gasteiger partial charge on any atom is -0.391 e. The van der Waals surface area contributed by atoms with Gasteiger partial charge in [-0.05, 0) is 20.8 Å². The number of carbonyl (C=O) groups is 1. The first-order chi connectivity index (χ1) is 6.45. The van der Waals surface area contributed by atoms with E-state index >= 15 is 0 Å². The molecule has 1 rings (SSSR count). The van der Waals surface area contributed by atoms with Crippen LogP contribution in [0.3, 0.4) is 0 Å². The highest BCUT2D eigenvalue weighted by Crippen LogP contribution is 2.13. The lowest BCUT2D eigenvalue weighted by Gasteiger charge is -2.15. The van der Waals surface area contributed by atoms with Crippen LogP contribution in [0.15, 0.2) is 0 Å². The lowest BCUT2D eigenvalue weighted by molar-refractivity contribution is 0.0994. The minimum absolute atomic E-state index is 0.150. The summed E-state index contributed by atoms with van der Waals surface area (Å²) in [5, 5.41) is 16.8. The standard InChI is InChI=1S/C8H14N4O2/c1-4(6(3)13)12-5(2)7(8(9)14)10-11-12/h4,6,13H,1-3H3,(H2,9,14). The number of aliphatic hydroxyl groups excluding tert-OH is 1. The van der Waals surface area contributed by atoms with E-state index < -0.39 is 12.0 Å². The number of rotatable bonds is 3. The quantitative estimate of drug-likeness (QED) is 0.692. The second-order valence-electron chi connectivity index (χ2n) is 3.31. The van der Waals surface area contributed by atoms with Gasteiger partial charge < -0.3 is 10.8 Å². The highest BCUT2D eigenvalue weighted by molar-refractivity contribution is 5.91. The summed E-state index contributed by atoms with van der Waals surface area (Å²) in [4.78, 5) is 10.9. The van der Waals surface area contributed by atoms with Crippen LogP contribution >= 0.6 is 0 Å². The van der Waals surface area contributed by atoms with Crippen LogP contribution in [0.1, 0.15) is 36.1 Å². The topological polar surface area (TPSA) is 94.0 Å². The maximum Gasteiger partial charge on any atom is 0.271 e. The van der Waals surface area contributed by atoms with Crippen LogP contribution < -0.4 is 5.73 Å². The van der Waals surface area contributed by atoms with Crippen molar-refractivity contribution in [2.75, 3.05) is 0 Å². The van der Waals surface area contributed by atoms with Crippen LogP contribution in [0.5, 0.6) is 0 Å². The molecule has 1 amide bonds. The maximum absolute atomic E-state index is 10.9. The Balaban J connectivity index is 3.06. The van der Waals surface area contributed by atoms with Crippen LogP contribution in [-0.4, -0.2) is 32.1 Å². The molecule has 6 heteroatoms. The molecule has 2 unspecified atom stereocenters. The molecule has 3 N–H and O–H groups in total. The number of aromatic nitrogens is 3. The van der Waals surface area contributed by atoms with Crippen molar-refractivity contribution in [1.29, 1.82) is 0 Å². The summed E-state index contributed by atoms with van der Waals surface area (Å²) in [6.07, 6.45) is -0.559. The molecule has 6 nitrogen and oxygen atoms in total. The molecule has 0 aliphatic carbocycles. The van der Waals surface area contributed by atoms with Gasteiger partial charge in [-0.3, -0.25) is 4.79 Å². The zero-order valence-corrected chi connectivity index (χ0v) is 8.43. The lowest BCUT2D eigenvalue weighted by atomic mass is 10.2. The molecular weight excluding hydrogens is 184 g/mol. The van der Waals surface area contributed by atoms with Crippen molar-refractivity contribution >= 4 is 5.91 Å². The van der Waals surface area contributed by atoms with Crippen molar-refractivity contribution in [2.45, 2.75) is 32.9 Å². The fourth-order valence-electron chi connectivity index (χ4n) is 1.16. The van der Waals surface area contributed by atoms with Gasteiger partial charge >= 0.3 is 0 Å². The minimum atomic E-state index is -0.605. The van der Waals surface area contributed by atoms with E-state index in [0.717, 1.165) is 0 Å². The van der Waals surface area contributed by atoms with Crippen molar-refractivity contribution < 1.29 is 9.90 Å². The Bertz CT molecular complexity index is 345. The van der Waals surface area contributed by atoms with E-state index in [9.17, 15) is 9.90 Å². The molecule has 0 aromatic carbocycles. The molecule has 78 valence electrons. The molecule has 0 radical (unpaired) electrons. The summed E-state index contributed by atoms with van der Waals surface area (Å²) < 4.78 is 1.49. The Morgan fingerprint density at radius 2 is 2.14 bits per heavy atom. The van der Waals surface area contributed by atoms with Gasteiger partial charge in [0.2, 0.25) is 0 Å². The number of amides is 1. The zero-order valence-electron chi connectivity index (χ0n) is 8.43. The molecule has 1 heterocycles.